The number of hydroxylamine groups is 2. The second-order valence-electron chi connectivity index (χ2n) is 7.44. The smallest absolute Gasteiger partial charge is 0.277 e. The SMILES string of the molecule is CCOc1ccc(S(=O)ON2CCN(C)CC2)cc1-c1nn2c(C)nc(C)c2c(=O)[nH]1. The largest absolute Gasteiger partial charge is 0.493 e. The van der Waals surface area contributed by atoms with Crippen LogP contribution in [0, 0.1) is 13.8 Å². The minimum absolute atomic E-state index is 0.300. The Morgan fingerprint density at radius 1 is 1.19 bits per heavy atom. The number of H-pyrrole nitrogens is 1. The molecule has 3 heterocycles. The number of nitrogens with one attached hydrogen (secondary N) is 1. The van der Waals surface area contributed by atoms with Crippen LogP contribution >= 0.6 is 0 Å². The molecule has 1 aliphatic heterocycles. The zero-order valence-electron chi connectivity index (χ0n) is 18.0. The number of hydrogen-bond donors (Lipinski definition) is 1. The Bertz CT molecular complexity index is 1180. The van der Waals surface area contributed by atoms with Gasteiger partial charge in [-0.15, -0.1) is 5.10 Å². The first-order valence-corrected chi connectivity index (χ1v) is 11.2. The van der Waals surface area contributed by atoms with Crippen LogP contribution in [0.5, 0.6) is 5.75 Å². The van der Waals surface area contributed by atoms with E-state index in [0.29, 0.717) is 58.8 Å². The lowest BCUT2D eigenvalue weighted by Gasteiger charge is -2.30. The van der Waals surface area contributed by atoms with E-state index in [2.05, 4.69) is 20.0 Å². The number of likely N-dealkylation sites (N-methyl/N-ethyl adjacent to an activating group) is 1. The van der Waals surface area contributed by atoms with E-state index in [0.717, 1.165) is 13.1 Å². The maximum atomic E-state index is 12.9. The molecule has 0 aliphatic carbocycles. The van der Waals surface area contributed by atoms with Gasteiger partial charge in [-0.3, -0.25) is 4.79 Å². The number of aromatic amines is 1. The molecule has 11 heteroatoms. The van der Waals surface area contributed by atoms with E-state index in [1.54, 1.807) is 37.1 Å². The van der Waals surface area contributed by atoms with E-state index in [9.17, 15) is 9.00 Å². The summed E-state index contributed by atoms with van der Waals surface area (Å²) >= 11 is -1.71. The van der Waals surface area contributed by atoms with Crippen molar-refractivity contribution in [3.8, 4) is 17.1 Å². The third-order valence-electron chi connectivity index (χ3n) is 5.17. The summed E-state index contributed by atoms with van der Waals surface area (Å²) in [6.07, 6.45) is 0. The van der Waals surface area contributed by atoms with Crippen molar-refractivity contribution in [2.45, 2.75) is 25.7 Å². The van der Waals surface area contributed by atoms with Gasteiger partial charge in [0, 0.05) is 26.2 Å². The van der Waals surface area contributed by atoms with Crippen molar-refractivity contribution in [2.75, 3.05) is 39.8 Å². The molecule has 1 aromatic carbocycles. The van der Waals surface area contributed by atoms with Crippen LogP contribution in [0.2, 0.25) is 0 Å². The van der Waals surface area contributed by atoms with Gasteiger partial charge in [-0.05, 0) is 46.0 Å². The van der Waals surface area contributed by atoms with Gasteiger partial charge in [-0.25, -0.2) is 13.7 Å². The van der Waals surface area contributed by atoms with Crippen LogP contribution in [0.1, 0.15) is 18.4 Å². The quantitative estimate of drug-likeness (QED) is 0.604. The summed E-state index contributed by atoms with van der Waals surface area (Å²) in [5.74, 6) is 1.44. The van der Waals surface area contributed by atoms with Crippen LogP contribution in [-0.4, -0.2) is 73.6 Å². The fourth-order valence-corrected chi connectivity index (χ4v) is 4.35. The maximum Gasteiger partial charge on any atom is 0.277 e. The number of hydrogen-bond acceptors (Lipinski definition) is 8. The molecule has 166 valence electrons. The highest BCUT2D eigenvalue weighted by atomic mass is 32.2. The Morgan fingerprint density at radius 3 is 2.65 bits per heavy atom. The molecule has 0 spiro atoms. The Kier molecular flexibility index (Phi) is 6.19. The number of imidazole rings is 1. The van der Waals surface area contributed by atoms with Gasteiger partial charge in [0.05, 0.1) is 22.8 Å². The minimum Gasteiger partial charge on any atom is -0.493 e. The number of ether oxygens (including phenoxy) is 1. The first kappa shape index (κ1) is 21.6. The Balaban J connectivity index is 1.71. The topological polar surface area (TPSA) is 105 Å². The van der Waals surface area contributed by atoms with Crippen molar-refractivity contribution in [1.29, 1.82) is 0 Å². The predicted molar refractivity (Wildman–Crippen MR) is 116 cm³/mol. The number of fused-ring (bicyclic) bond motifs is 1. The van der Waals surface area contributed by atoms with Crippen LogP contribution in [0.15, 0.2) is 27.9 Å². The zero-order valence-corrected chi connectivity index (χ0v) is 18.9. The highest BCUT2D eigenvalue weighted by Gasteiger charge is 2.21. The summed E-state index contributed by atoms with van der Waals surface area (Å²) in [7, 11) is 2.04. The molecule has 3 aromatic rings. The van der Waals surface area contributed by atoms with Crippen molar-refractivity contribution in [1.82, 2.24) is 29.5 Å². The molecule has 1 N–H and O–H groups in total. The maximum absolute atomic E-state index is 12.9. The summed E-state index contributed by atoms with van der Waals surface area (Å²) in [6, 6.07) is 5.10. The second kappa shape index (κ2) is 8.87. The average molecular weight is 447 g/mol. The molecule has 1 aliphatic rings. The Hall–Kier alpha value is -2.60. The van der Waals surface area contributed by atoms with Gasteiger partial charge < -0.3 is 14.6 Å². The third kappa shape index (κ3) is 4.40. The summed E-state index contributed by atoms with van der Waals surface area (Å²) in [4.78, 5) is 22.5. The molecule has 1 unspecified atom stereocenters. The van der Waals surface area contributed by atoms with Crippen molar-refractivity contribution in [3.63, 3.8) is 0 Å². The van der Waals surface area contributed by atoms with Crippen molar-refractivity contribution in [3.05, 3.63) is 40.1 Å². The van der Waals surface area contributed by atoms with Crippen LogP contribution in [0.25, 0.3) is 16.9 Å². The summed E-state index contributed by atoms with van der Waals surface area (Å²) < 4.78 is 25.8. The van der Waals surface area contributed by atoms with E-state index in [1.165, 1.54) is 4.52 Å². The predicted octanol–water partition coefficient (Wildman–Crippen LogP) is 1.30. The van der Waals surface area contributed by atoms with E-state index in [-0.39, 0.29) is 5.56 Å². The van der Waals surface area contributed by atoms with Crippen molar-refractivity contribution < 1.29 is 13.2 Å². The third-order valence-corrected chi connectivity index (χ3v) is 6.16. The highest BCUT2D eigenvalue weighted by Crippen LogP contribution is 2.30. The number of piperazine rings is 1. The van der Waals surface area contributed by atoms with Gasteiger partial charge in [-0.1, -0.05) is 0 Å². The lowest BCUT2D eigenvalue weighted by Crippen LogP contribution is -2.44. The molecular formula is C20H26N6O4S. The first-order valence-electron chi connectivity index (χ1n) is 10.1. The van der Waals surface area contributed by atoms with Gasteiger partial charge in [0.25, 0.3) is 5.56 Å². The zero-order chi connectivity index (χ0) is 22.1. The summed E-state index contributed by atoms with van der Waals surface area (Å²) in [5, 5.41) is 6.28. The van der Waals surface area contributed by atoms with Crippen molar-refractivity contribution in [2.24, 2.45) is 0 Å². The van der Waals surface area contributed by atoms with Crippen LogP contribution in [0.3, 0.4) is 0 Å². The monoisotopic (exact) mass is 446 g/mol. The summed E-state index contributed by atoms with van der Waals surface area (Å²) in [6.45, 7) is 8.91. The van der Waals surface area contributed by atoms with Crippen LogP contribution in [-0.2, 0) is 15.4 Å². The number of aromatic nitrogens is 4. The number of rotatable bonds is 6. The van der Waals surface area contributed by atoms with Crippen LogP contribution in [0.4, 0.5) is 0 Å². The molecule has 0 radical (unpaired) electrons. The van der Waals surface area contributed by atoms with Gasteiger partial charge in [-0.2, -0.15) is 9.35 Å². The van der Waals surface area contributed by atoms with E-state index in [1.807, 2.05) is 14.0 Å². The molecule has 1 saturated heterocycles. The standard InChI is InChI=1S/C20H26N6O4S/c1-5-29-17-7-6-15(31(28)30-25-10-8-24(4)9-11-25)12-16(17)19-22-20(27)18-13(2)21-14(3)26(18)23-19/h6-7,12H,5,8-11H2,1-4H3,(H,22,23,27). The van der Waals surface area contributed by atoms with E-state index in [4.69, 9.17) is 9.02 Å². The lowest BCUT2D eigenvalue weighted by molar-refractivity contribution is -0.0735. The molecule has 10 nitrogen and oxygen atoms in total. The number of aryl methyl sites for hydroxylation is 2. The van der Waals surface area contributed by atoms with E-state index >= 15 is 0 Å². The molecule has 31 heavy (non-hydrogen) atoms. The fourth-order valence-electron chi connectivity index (χ4n) is 3.53. The van der Waals surface area contributed by atoms with Crippen LogP contribution < -0.4 is 10.3 Å². The Morgan fingerprint density at radius 2 is 1.94 bits per heavy atom. The first-order chi connectivity index (χ1) is 14.9. The second-order valence-corrected chi connectivity index (χ2v) is 8.53. The number of benzene rings is 1. The molecule has 0 saturated carbocycles. The molecule has 1 atom stereocenters. The van der Waals surface area contributed by atoms with Gasteiger partial charge >= 0.3 is 0 Å². The Labute approximate surface area is 182 Å². The molecule has 0 amide bonds. The molecular weight excluding hydrogens is 420 g/mol. The molecule has 0 bridgehead atoms. The lowest BCUT2D eigenvalue weighted by atomic mass is 10.2. The average Bonchev–Trinajstić information content (AvgIpc) is 3.04. The minimum atomic E-state index is -1.71. The van der Waals surface area contributed by atoms with Gasteiger partial charge in [0.1, 0.15) is 11.6 Å². The molecule has 1 fully saturated rings. The molecule has 2 aromatic heterocycles. The molecule has 4 rings (SSSR count). The van der Waals surface area contributed by atoms with Crippen molar-refractivity contribution >= 4 is 16.6 Å². The summed E-state index contributed by atoms with van der Waals surface area (Å²) in [5.41, 5.74) is 1.24. The van der Waals surface area contributed by atoms with Gasteiger partial charge in [0.2, 0.25) is 11.1 Å². The van der Waals surface area contributed by atoms with E-state index < -0.39 is 11.1 Å². The number of nitrogens with zero attached hydrogens (tertiary/aromatic N) is 5. The van der Waals surface area contributed by atoms with Gasteiger partial charge in [0.15, 0.2) is 11.3 Å². The normalized spacial score (nSPS) is 16.6. The fraction of sp³-hybridized carbons (Fsp3) is 0.450. The highest BCUT2D eigenvalue weighted by molar-refractivity contribution is 7.80.